The molecule has 3 N–H and O–H groups in total. The van der Waals surface area contributed by atoms with Crippen molar-refractivity contribution >= 4 is 23.0 Å². The average Bonchev–Trinajstić information content (AvgIpc) is 2.32. The first-order chi connectivity index (χ1) is 9.04. The second-order valence-electron chi connectivity index (χ2n) is 4.19. The standard InChI is InChI=1S/C14H13ClF2N2/c15-10-1-2-13(18)14(7-10)19-4-3-9-5-11(16)8-12(17)6-9/h1-2,5-8,19H,3-4,18H2. The molecule has 0 aliphatic carbocycles. The lowest BCUT2D eigenvalue weighted by Gasteiger charge is -2.09. The minimum absolute atomic E-state index is 0.487. The highest BCUT2D eigenvalue weighted by Gasteiger charge is 2.02. The van der Waals surface area contributed by atoms with Crippen molar-refractivity contribution in [1.29, 1.82) is 0 Å². The summed E-state index contributed by atoms with van der Waals surface area (Å²) in [5.74, 6) is -1.14. The first-order valence-electron chi connectivity index (χ1n) is 5.78. The Morgan fingerprint density at radius 3 is 2.42 bits per heavy atom. The molecule has 100 valence electrons. The number of halogens is 3. The van der Waals surface area contributed by atoms with Crippen molar-refractivity contribution in [2.75, 3.05) is 17.6 Å². The fourth-order valence-corrected chi connectivity index (χ4v) is 1.95. The van der Waals surface area contributed by atoms with E-state index in [0.29, 0.717) is 34.9 Å². The topological polar surface area (TPSA) is 38.0 Å². The third-order valence-electron chi connectivity index (χ3n) is 2.67. The molecule has 2 nitrogen and oxygen atoms in total. The fraction of sp³-hybridized carbons (Fsp3) is 0.143. The van der Waals surface area contributed by atoms with E-state index in [4.69, 9.17) is 17.3 Å². The molecule has 2 aromatic rings. The number of benzene rings is 2. The van der Waals surface area contributed by atoms with Crippen LogP contribution in [0.25, 0.3) is 0 Å². The van der Waals surface area contributed by atoms with Crippen molar-refractivity contribution in [2.24, 2.45) is 0 Å². The Kier molecular flexibility index (Phi) is 4.22. The van der Waals surface area contributed by atoms with E-state index in [9.17, 15) is 8.78 Å². The molecule has 0 heterocycles. The maximum atomic E-state index is 13.0. The Morgan fingerprint density at radius 1 is 1.05 bits per heavy atom. The van der Waals surface area contributed by atoms with Crippen LogP contribution < -0.4 is 11.1 Å². The molecule has 0 aliphatic heterocycles. The molecule has 19 heavy (non-hydrogen) atoms. The van der Waals surface area contributed by atoms with Gasteiger partial charge in [0.25, 0.3) is 0 Å². The van der Waals surface area contributed by atoms with Crippen LogP contribution in [0.15, 0.2) is 36.4 Å². The van der Waals surface area contributed by atoms with Gasteiger partial charge in [0.1, 0.15) is 11.6 Å². The summed E-state index contributed by atoms with van der Waals surface area (Å²) in [5.41, 5.74) is 7.66. The zero-order valence-corrected chi connectivity index (χ0v) is 10.8. The number of hydrogen-bond acceptors (Lipinski definition) is 2. The summed E-state index contributed by atoms with van der Waals surface area (Å²) in [6, 6.07) is 8.59. The van der Waals surface area contributed by atoms with Gasteiger partial charge in [-0.1, -0.05) is 11.6 Å². The molecule has 2 rings (SSSR count). The molecule has 0 atom stereocenters. The molecule has 5 heteroatoms. The van der Waals surface area contributed by atoms with Crippen LogP contribution in [-0.2, 0) is 6.42 Å². The Balaban J connectivity index is 1.98. The Morgan fingerprint density at radius 2 is 1.74 bits per heavy atom. The zero-order chi connectivity index (χ0) is 13.8. The van der Waals surface area contributed by atoms with Crippen molar-refractivity contribution < 1.29 is 8.78 Å². The van der Waals surface area contributed by atoms with E-state index in [1.807, 2.05) is 0 Å². The lowest BCUT2D eigenvalue weighted by Crippen LogP contribution is -2.07. The van der Waals surface area contributed by atoms with Gasteiger partial charge in [-0.25, -0.2) is 8.78 Å². The highest BCUT2D eigenvalue weighted by Crippen LogP contribution is 2.22. The van der Waals surface area contributed by atoms with Gasteiger partial charge in [0.05, 0.1) is 11.4 Å². The minimum Gasteiger partial charge on any atom is -0.397 e. The lowest BCUT2D eigenvalue weighted by atomic mass is 10.1. The number of anilines is 2. The highest BCUT2D eigenvalue weighted by atomic mass is 35.5. The van der Waals surface area contributed by atoms with Crippen LogP contribution in [-0.4, -0.2) is 6.54 Å². The molecule has 0 unspecified atom stereocenters. The van der Waals surface area contributed by atoms with E-state index in [1.165, 1.54) is 12.1 Å². The van der Waals surface area contributed by atoms with E-state index >= 15 is 0 Å². The monoisotopic (exact) mass is 282 g/mol. The summed E-state index contributed by atoms with van der Waals surface area (Å²) in [5, 5.41) is 3.66. The number of rotatable bonds is 4. The largest absolute Gasteiger partial charge is 0.397 e. The van der Waals surface area contributed by atoms with Crippen LogP contribution in [0.1, 0.15) is 5.56 Å². The van der Waals surface area contributed by atoms with Crippen molar-refractivity contribution in [3.63, 3.8) is 0 Å². The molecule has 2 aromatic carbocycles. The van der Waals surface area contributed by atoms with E-state index in [-0.39, 0.29) is 0 Å². The summed E-state index contributed by atoms with van der Waals surface area (Å²) in [6.07, 6.45) is 0.487. The molecular weight excluding hydrogens is 270 g/mol. The smallest absolute Gasteiger partial charge is 0.126 e. The van der Waals surface area contributed by atoms with Crippen molar-refractivity contribution in [3.05, 3.63) is 58.6 Å². The summed E-state index contributed by atoms with van der Waals surface area (Å²) < 4.78 is 26.0. The maximum absolute atomic E-state index is 13.0. The van der Waals surface area contributed by atoms with Crippen LogP contribution >= 0.6 is 11.6 Å². The van der Waals surface area contributed by atoms with Gasteiger partial charge in [0.15, 0.2) is 0 Å². The van der Waals surface area contributed by atoms with Gasteiger partial charge in [-0.2, -0.15) is 0 Å². The Labute approximate surface area is 115 Å². The number of nitrogens with one attached hydrogen (secondary N) is 1. The van der Waals surface area contributed by atoms with Crippen LogP contribution in [0.2, 0.25) is 5.02 Å². The molecule has 0 bridgehead atoms. The van der Waals surface area contributed by atoms with Gasteiger partial charge < -0.3 is 11.1 Å². The van der Waals surface area contributed by atoms with Crippen LogP contribution in [0.3, 0.4) is 0 Å². The van der Waals surface area contributed by atoms with Gasteiger partial charge in [-0.15, -0.1) is 0 Å². The second-order valence-corrected chi connectivity index (χ2v) is 4.62. The molecular formula is C14H13ClF2N2. The van der Waals surface area contributed by atoms with Gasteiger partial charge >= 0.3 is 0 Å². The number of hydrogen-bond donors (Lipinski definition) is 2. The summed E-state index contributed by atoms with van der Waals surface area (Å²) in [7, 11) is 0. The van der Waals surface area contributed by atoms with Gasteiger partial charge in [-0.3, -0.25) is 0 Å². The van der Waals surface area contributed by atoms with Crippen molar-refractivity contribution in [3.8, 4) is 0 Å². The second kappa shape index (κ2) is 5.89. The van der Waals surface area contributed by atoms with Crippen LogP contribution in [0, 0.1) is 11.6 Å². The van der Waals surface area contributed by atoms with Crippen LogP contribution in [0.4, 0.5) is 20.2 Å². The normalized spacial score (nSPS) is 10.5. The molecule has 0 fully saturated rings. The predicted molar refractivity (Wildman–Crippen MR) is 74.4 cm³/mol. The van der Waals surface area contributed by atoms with Gasteiger partial charge in [0, 0.05) is 17.6 Å². The van der Waals surface area contributed by atoms with Gasteiger partial charge in [0.2, 0.25) is 0 Å². The third-order valence-corrected chi connectivity index (χ3v) is 2.90. The molecule has 0 saturated carbocycles. The highest BCUT2D eigenvalue weighted by molar-refractivity contribution is 6.31. The molecule has 0 spiro atoms. The number of nitrogen functional groups attached to an aromatic ring is 1. The minimum atomic E-state index is -0.572. The molecule has 0 aliphatic rings. The number of nitrogens with two attached hydrogens (primary N) is 1. The van der Waals surface area contributed by atoms with E-state index in [1.54, 1.807) is 18.2 Å². The summed E-state index contributed by atoms with van der Waals surface area (Å²) in [4.78, 5) is 0. The van der Waals surface area contributed by atoms with Crippen molar-refractivity contribution in [2.45, 2.75) is 6.42 Å². The Hall–Kier alpha value is -1.81. The average molecular weight is 283 g/mol. The first-order valence-corrected chi connectivity index (χ1v) is 6.16. The molecule has 0 radical (unpaired) electrons. The summed E-state index contributed by atoms with van der Waals surface area (Å²) in [6.45, 7) is 0.507. The van der Waals surface area contributed by atoms with Crippen molar-refractivity contribution in [1.82, 2.24) is 0 Å². The lowest BCUT2D eigenvalue weighted by molar-refractivity contribution is 0.580. The Bertz CT molecular complexity index is 567. The predicted octanol–water partition coefficient (Wildman–Crippen LogP) is 3.86. The quantitative estimate of drug-likeness (QED) is 0.836. The van der Waals surface area contributed by atoms with E-state index in [2.05, 4.69) is 5.32 Å². The molecule has 0 amide bonds. The van der Waals surface area contributed by atoms with E-state index in [0.717, 1.165) is 6.07 Å². The van der Waals surface area contributed by atoms with Gasteiger partial charge in [-0.05, 0) is 42.3 Å². The fourth-order valence-electron chi connectivity index (χ4n) is 1.78. The molecule has 0 saturated heterocycles. The maximum Gasteiger partial charge on any atom is 0.126 e. The third kappa shape index (κ3) is 3.83. The van der Waals surface area contributed by atoms with Crippen LogP contribution in [0.5, 0.6) is 0 Å². The first kappa shape index (κ1) is 13.6. The zero-order valence-electron chi connectivity index (χ0n) is 10.1. The molecule has 0 aromatic heterocycles. The SMILES string of the molecule is Nc1ccc(Cl)cc1NCCc1cc(F)cc(F)c1. The summed E-state index contributed by atoms with van der Waals surface area (Å²) >= 11 is 5.86. The van der Waals surface area contributed by atoms with E-state index < -0.39 is 11.6 Å².